The van der Waals surface area contributed by atoms with Crippen LogP contribution in [0.2, 0.25) is 0 Å². The number of carbonyl (C=O) groups excluding carboxylic acids is 1. The van der Waals surface area contributed by atoms with Crippen LogP contribution >= 0.6 is 0 Å². The third-order valence-electron chi connectivity index (χ3n) is 5.52. The zero-order valence-electron chi connectivity index (χ0n) is 18.1. The van der Waals surface area contributed by atoms with Crippen LogP contribution in [0.15, 0.2) is 72.1 Å². The van der Waals surface area contributed by atoms with E-state index in [0.717, 1.165) is 13.0 Å². The second-order valence-electron chi connectivity index (χ2n) is 7.65. The summed E-state index contributed by atoms with van der Waals surface area (Å²) in [5, 5.41) is 9.24. The quantitative estimate of drug-likeness (QED) is 0.544. The van der Waals surface area contributed by atoms with Crippen LogP contribution in [0, 0.1) is 11.3 Å². The van der Waals surface area contributed by atoms with Gasteiger partial charge in [0.1, 0.15) is 6.07 Å². The lowest BCUT2D eigenvalue weighted by molar-refractivity contribution is -0.133. The van der Waals surface area contributed by atoms with E-state index in [9.17, 15) is 18.5 Å². The average molecular weight is 453 g/mol. The summed E-state index contributed by atoms with van der Waals surface area (Å²) in [4.78, 5) is 16.6. The van der Waals surface area contributed by atoms with Gasteiger partial charge in [-0.15, -0.1) is 6.58 Å². The van der Waals surface area contributed by atoms with Crippen LogP contribution in [-0.4, -0.2) is 74.2 Å². The Morgan fingerprint density at radius 3 is 2.38 bits per heavy atom. The Morgan fingerprint density at radius 1 is 1.06 bits per heavy atom. The van der Waals surface area contributed by atoms with Gasteiger partial charge in [-0.05, 0) is 24.1 Å². The summed E-state index contributed by atoms with van der Waals surface area (Å²) in [7, 11) is -3.78. The molecule has 1 saturated heterocycles. The number of sulfonamides is 1. The van der Waals surface area contributed by atoms with Gasteiger partial charge in [0.2, 0.25) is 15.9 Å². The molecule has 0 spiro atoms. The van der Waals surface area contributed by atoms with E-state index in [1.807, 2.05) is 24.3 Å². The van der Waals surface area contributed by atoms with Gasteiger partial charge in [-0.2, -0.15) is 9.57 Å². The molecule has 0 aromatic heterocycles. The Labute approximate surface area is 190 Å². The number of hydrogen-bond acceptors (Lipinski definition) is 5. The Morgan fingerprint density at radius 2 is 1.72 bits per heavy atom. The van der Waals surface area contributed by atoms with E-state index in [0.29, 0.717) is 19.6 Å². The number of amides is 1. The van der Waals surface area contributed by atoms with Crippen LogP contribution in [-0.2, 0) is 21.2 Å². The predicted octanol–water partition coefficient (Wildman–Crippen LogP) is 2.12. The first-order chi connectivity index (χ1) is 15.5. The highest BCUT2D eigenvalue weighted by Crippen LogP contribution is 2.21. The molecule has 1 amide bonds. The molecule has 1 heterocycles. The predicted molar refractivity (Wildman–Crippen MR) is 123 cm³/mol. The summed E-state index contributed by atoms with van der Waals surface area (Å²) < 4.78 is 27.3. The lowest BCUT2D eigenvalue weighted by atomic mass is 10.1. The highest BCUT2D eigenvalue weighted by molar-refractivity contribution is 7.89. The fourth-order valence-corrected chi connectivity index (χ4v) is 5.31. The molecule has 1 aliphatic heterocycles. The van der Waals surface area contributed by atoms with E-state index in [4.69, 9.17) is 0 Å². The number of benzene rings is 2. The zero-order chi connectivity index (χ0) is 23.0. The van der Waals surface area contributed by atoms with Crippen LogP contribution in [0.1, 0.15) is 11.1 Å². The highest BCUT2D eigenvalue weighted by Gasteiger charge is 2.31. The molecule has 0 atom stereocenters. The standard InChI is InChI=1S/C24H28N4O3S/c1-2-13-26(14-12-21-8-4-3-5-9-21)20-24(29)27-15-17-28(18-16-27)32(30,31)23-11-7-6-10-22(23)19-25/h2-11H,1,12-18,20H2. The van der Waals surface area contributed by atoms with Crippen LogP contribution in [0.3, 0.4) is 0 Å². The SMILES string of the molecule is C=CCN(CCc1ccccc1)CC(=O)N1CCN(S(=O)(=O)c2ccccc2C#N)CC1. The Hall–Kier alpha value is -2.99. The lowest BCUT2D eigenvalue weighted by Crippen LogP contribution is -2.52. The van der Waals surface area contributed by atoms with Gasteiger partial charge in [-0.1, -0.05) is 48.5 Å². The fourth-order valence-electron chi connectivity index (χ4n) is 3.74. The maximum atomic E-state index is 13.0. The molecule has 0 saturated carbocycles. The monoisotopic (exact) mass is 452 g/mol. The van der Waals surface area contributed by atoms with Gasteiger partial charge in [0.15, 0.2) is 0 Å². The van der Waals surface area contributed by atoms with E-state index in [1.165, 1.54) is 22.0 Å². The molecular weight excluding hydrogens is 424 g/mol. The van der Waals surface area contributed by atoms with Gasteiger partial charge in [0, 0.05) is 39.3 Å². The molecule has 2 aromatic rings. The van der Waals surface area contributed by atoms with Crippen molar-refractivity contribution in [1.29, 1.82) is 5.26 Å². The van der Waals surface area contributed by atoms with Gasteiger partial charge in [0.25, 0.3) is 0 Å². The summed E-state index contributed by atoms with van der Waals surface area (Å²) in [6.45, 7) is 6.47. The van der Waals surface area contributed by atoms with Crippen molar-refractivity contribution in [2.75, 3.05) is 45.8 Å². The van der Waals surface area contributed by atoms with Crippen molar-refractivity contribution in [1.82, 2.24) is 14.1 Å². The maximum absolute atomic E-state index is 13.0. The van der Waals surface area contributed by atoms with Gasteiger partial charge >= 0.3 is 0 Å². The van der Waals surface area contributed by atoms with Gasteiger partial charge in [-0.25, -0.2) is 8.42 Å². The molecule has 1 aliphatic rings. The molecule has 0 unspecified atom stereocenters. The van der Waals surface area contributed by atoms with E-state index in [2.05, 4.69) is 23.6 Å². The molecule has 3 rings (SSSR count). The molecule has 8 heteroatoms. The molecule has 0 N–H and O–H groups in total. The van der Waals surface area contributed by atoms with Crippen LogP contribution in [0.4, 0.5) is 0 Å². The minimum Gasteiger partial charge on any atom is -0.339 e. The first-order valence-corrected chi connectivity index (χ1v) is 12.0. The number of nitriles is 1. The van der Waals surface area contributed by atoms with E-state index in [1.54, 1.807) is 23.1 Å². The fraction of sp³-hybridized carbons (Fsp3) is 0.333. The third-order valence-corrected chi connectivity index (χ3v) is 7.48. The van der Waals surface area contributed by atoms with E-state index in [-0.39, 0.29) is 36.0 Å². The zero-order valence-corrected chi connectivity index (χ0v) is 18.9. The lowest BCUT2D eigenvalue weighted by Gasteiger charge is -2.35. The van der Waals surface area contributed by atoms with E-state index < -0.39 is 10.0 Å². The summed E-state index contributed by atoms with van der Waals surface area (Å²) in [5.74, 6) is -0.0191. The smallest absolute Gasteiger partial charge is 0.244 e. The molecule has 2 aromatic carbocycles. The van der Waals surface area contributed by atoms with Crippen molar-refractivity contribution >= 4 is 15.9 Å². The minimum absolute atomic E-state index is 0.0142. The van der Waals surface area contributed by atoms with Crippen LogP contribution < -0.4 is 0 Å². The summed E-state index contributed by atoms with van der Waals surface area (Å²) in [5.41, 5.74) is 1.34. The minimum atomic E-state index is -3.78. The molecule has 0 bridgehead atoms. The van der Waals surface area contributed by atoms with Gasteiger partial charge in [-0.3, -0.25) is 9.69 Å². The molecule has 0 aliphatic carbocycles. The van der Waals surface area contributed by atoms with Crippen molar-refractivity contribution in [3.05, 3.63) is 78.4 Å². The molecular formula is C24H28N4O3S. The Kier molecular flexibility index (Phi) is 8.17. The molecule has 168 valence electrons. The van der Waals surface area contributed by atoms with Crippen molar-refractivity contribution < 1.29 is 13.2 Å². The second kappa shape index (κ2) is 11.0. The second-order valence-corrected chi connectivity index (χ2v) is 9.56. The summed E-state index contributed by atoms with van der Waals surface area (Å²) in [6, 6.07) is 18.3. The normalized spacial score (nSPS) is 14.8. The van der Waals surface area contributed by atoms with Crippen molar-refractivity contribution in [2.45, 2.75) is 11.3 Å². The summed E-state index contributed by atoms with van der Waals surface area (Å²) >= 11 is 0. The molecule has 32 heavy (non-hydrogen) atoms. The number of rotatable bonds is 9. The number of piperazine rings is 1. The van der Waals surface area contributed by atoms with Gasteiger partial charge in [0.05, 0.1) is 17.0 Å². The maximum Gasteiger partial charge on any atom is 0.244 e. The third kappa shape index (κ3) is 5.82. The first-order valence-electron chi connectivity index (χ1n) is 10.6. The van der Waals surface area contributed by atoms with Gasteiger partial charge < -0.3 is 4.90 Å². The highest BCUT2D eigenvalue weighted by atomic mass is 32.2. The van der Waals surface area contributed by atoms with Crippen LogP contribution in [0.25, 0.3) is 0 Å². The molecule has 1 fully saturated rings. The Bertz CT molecular complexity index is 1070. The molecule has 0 radical (unpaired) electrons. The van der Waals surface area contributed by atoms with Crippen molar-refractivity contribution in [3.63, 3.8) is 0 Å². The largest absolute Gasteiger partial charge is 0.339 e. The van der Waals surface area contributed by atoms with Crippen molar-refractivity contribution in [3.8, 4) is 6.07 Å². The summed E-state index contributed by atoms with van der Waals surface area (Å²) in [6.07, 6.45) is 2.63. The number of nitrogens with zero attached hydrogens (tertiary/aromatic N) is 4. The van der Waals surface area contributed by atoms with Crippen LogP contribution in [0.5, 0.6) is 0 Å². The topological polar surface area (TPSA) is 84.7 Å². The number of carbonyl (C=O) groups is 1. The molecule has 7 nitrogen and oxygen atoms in total. The average Bonchev–Trinajstić information content (AvgIpc) is 2.83. The van der Waals surface area contributed by atoms with Crippen molar-refractivity contribution in [2.24, 2.45) is 0 Å². The first kappa shape index (κ1) is 23.7. The van der Waals surface area contributed by atoms with E-state index >= 15 is 0 Å². The Balaban J connectivity index is 1.57. The number of hydrogen-bond donors (Lipinski definition) is 0.